The second kappa shape index (κ2) is 11.1. The molecule has 0 radical (unpaired) electrons. The van der Waals surface area contributed by atoms with E-state index in [1.807, 2.05) is 0 Å². The lowest BCUT2D eigenvalue weighted by molar-refractivity contribution is 0.302. The Labute approximate surface area is 263 Å². The van der Waals surface area contributed by atoms with Crippen molar-refractivity contribution in [2.45, 2.75) is 88.9 Å². The van der Waals surface area contributed by atoms with Crippen LogP contribution in [0.4, 0.5) is 0 Å². The number of aryl methyl sites for hydroxylation is 2. The van der Waals surface area contributed by atoms with Crippen LogP contribution < -0.4 is 0 Å². The zero-order valence-electron chi connectivity index (χ0n) is 26.0. The Morgan fingerprint density at radius 3 is 1.59 bits per heavy atom. The van der Waals surface area contributed by atoms with E-state index in [9.17, 15) is 0 Å². The van der Waals surface area contributed by atoms with Crippen LogP contribution in [0.15, 0.2) is 97.1 Å². The van der Waals surface area contributed by atoms with E-state index in [-0.39, 0.29) is 0 Å². The third-order valence-electron chi connectivity index (χ3n) is 12.1. The monoisotopic (exact) mass is 572 g/mol. The van der Waals surface area contributed by atoms with Gasteiger partial charge in [-0.1, -0.05) is 123 Å². The van der Waals surface area contributed by atoms with Crippen molar-refractivity contribution in [3.63, 3.8) is 0 Å². The van der Waals surface area contributed by atoms with E-state index in [0.717, 1.165) is 11.8 Å². The molecule has 2 fully saturated rings. The Kier molecular flexibility index (Phi) is 6.72. The Morgan fingerprint density at radius 1 is 0.455 bits per heavy atom. The predicted molar refractivity (Wildman–Crippen MR) is 186 cm³/mol. The van der Waals surface area contributed by atoms with Crippen molar-refractivity contribution in [2.24, 2.45) is 11.8 Å². The molecule has 0 aromatic heterocycles. The van der Waals surface area contributed by atoms with E-state index in [2.05, 4.69) is 97.1 Å². The zero-order valence-corrected chi connectivity index (χ0v) is 26.0. The summed E-state index contributed by atoms with van der Waals surface area (Å²) in [4.78, 5) is 0. The molecule has 10 rings (SSSR count). The maximum absolute atomic E-state index is 2.67. The van der Waals surface area contributed by atoms with E-state index < -0.39 is 0 Å². The summed E-state index contributed by atoms with van der Waals surface area (Å²) in [6.07, 6.45) is 15.9. The van der Waals surface area contributed by atoms with Crippen molar-refractivity contribution in [3.05, 3.63) is 119 Å². The van der Waals surface area contributed by atoms with Gasteiger partial charge in [0, 0.05) is 0 Å². The van der Waals surface area contributed by atoms with Gasteiger partial charge < -0.3 is 0 Å². The van der Waals surface area contributed by atoms with E-state index in [1.54, 1.807) is 33.4 Å². The quantitative estimate of drug-likeness (QED) is 0.184. The SMILES string of the molecule is c1ccc(-c2cc3cc(c2)C2CCCC(CCc4ccc(c5c4-c4cccc6cccc-5c46)CCC4CCCC3C4)C2)cc1. The van der Waals surface area contributed by atoms with Crippen LogP contribution in [0.2, 0.25) is 0 Å². The summed E-state index contributed by atoms with van der Waals surface area (Å²) in [6.45, 7) is 0. The van der Waals surface area contributed by atoms with Gasteiger partial charge in [0.05, 0.1) is 0 Å². The normalized spacial score (nSPS) is 24.2. The van der Waals surface area contributed by atoms with Gasteiger partial charge in [0.15, 0.2) is 0 Å². The maximum Gasteiger partial charge on any atom is -0.00262 e. The molecule has 5 aromatic carbocycles. The Bertz CT molecular complexity index is 1730. The van der Waals surface area contributed by atoms with E-state index in [4.69, 9.17) is 0 Å². The van der Waals surface area contributed by atoms with Crippen LogP contribution in [-0.4, -0.2) is 0 Å². The average Bonchev–Trinajstić information content (AvgIpc) is 3.43. The summed E-state index contributed by atoms with van der Waals surface area (Å²) in [7, 11) is 0. The minimum atomic E-state index is 0.692. The third-order valence-corrected chi connectivity index (χ3v) is 12.1. The van der Waals surface area contributed by atoms with Gasteiger partial charge in [0.1, 0.15) is 0 Å². The van der Waals surface area contributed by atoms with Gasteiger partial charge in [-0.05, 0) is 141 Å². The van der Waals surface area contributed by atoms with Gasteiger partial charge in [-0.2, -0.15) is 0 Å². The minimum Gasteiger partial charge on any atom is -0.0622 e. The van der Waals surface area contributed by atoms with Crippen LogP contribution >= 0.6 is 0 Å². The number of benzene rings is 5. The first-order valence-corrected chi connectivity index (χ1v) is 17.7. The molecule has 5 aliphatic carbocycles. The zero-order chi connectivity index (χ0) is 29.0. The summed E-state index contributed by atoms with van der Waals surface area (Å²) >= 11 is 0. The molecule has 0 heteroatoms. The van der Waals surface area contributed by atoms with Gasteiger partial charge in [0.2, 0.25) is 0 Å². The van der Waals surface area contributed by atoms with E-state index in [1.165, 1.54) is 110 Å². The van der Waals surface area contributed by atoms with Crippen LogP contribution in [0, 0.1) is 11.8 Å². The van der Waals surface area contributed by atoms with Crippen molar-refractivity contribution in [1.82, 2.24) is 0 Å². The van der Waals surface area contributed by atoms with Crippen LogP contribution in [0.1, 0.15) is 98.3 Å². The molecule has 4 unspecified atom stereocenters. The molecule has 5 aliphatic rings. The first kappa shape index (κ1) is 26.7. The number of hydrogen-bond acceptors (Lipinski definition) is 0. The second-order valence-corrected chi connectivity index (χ2v) is 14.6. The lowest BCUT2D eigenvalue weighted by atomic mass is 9.73. The van der Waals surface area contributed by atoms with E-state index >= 15 is 0 Å². The van der Waals surface area contributed by atoms with Crippen molar-refractivity contribution in [3.8, 4) is 33.4 Å². The first-order valence-electron chi connectivity index (χ1n) is 17.7. The molecule has 220 valence electrons. The molecule has 0 aliphatic heterocycles. The Balaban J connectivity index is 1.14. The molecule has 0 nitrogen and oxygen atoms in total. The van der Waals surface area contributed by atoms with Crippen LogP contribution in [0.5, 0.6) is 0 Å². The molecule has 0 amide bonds. The highest BCUT2D eigenvalue weighted by Gasteiger charge is 2.30. The molecule has 8 bridgehead atoms. The Morgan fingerprint density at radius 2 is 1.02 bits per heavy atom. The molecule has 0 heterocycles. The van der Waals surface area contributed by atoms with Crippen LogP contribution in [0.3, 0.4) is 0 Å². The minimum absolute atomic E-state index is 0.692. The second-order valence-electron chi connectivity index (χ2n) is 14.6. The highest BCUT2D eigenvalue weighted by molar-refractivity contribution is 6.16. The van der Waals surface area contributed by atoms with Crippen molar-refractivity contribution in [2.75, 3.05) is 0 Å². The maximum atomic E-state index is 2.67. The van der Waals surface area contributed by atoms with Gasteiger partial charge >= 0.3 is 0 Å². The summed E-state index contributed by atoms with van der Waals surface area (Å²) in [5, 5.41) is 2.90. The predicted octanol–water partition coefficient (Wildman–Crippen LogP) is 12.3. The lowest BCUT2D eigenvalue weighted by Crippen LogP contribution is -2.17. The molecule has 44 heavy (non-hydrogen) atoms. The molecule has 5 aromatic rings. The molecule has 0 spiro atoms. The smallest absolute Gasteiger partial charge is 0.00262 e. The molecule has 0 N–H and O–H groups in total. The molecule has 2 saturated carbocycles. The molecule has 4 atom stereocenters. The van der Waals surface area contributed by atoms with Gasteiger partial charge in [-0.3, -0.25) is 0 Å². The van der Waals surface area contributed by atoms with Crippen molar-refractivity contribution < 1.29 is 0 Å². The number of fused-ring (bicyclic) bond motifs is 3. The third kappa shape index (κ3) is 4.65. The van der Waals surface area contributed by atoms with Gasteiger partial charge in [0.25, 0.3) is 0 Å². The van der Waals surface area contributed by atoms with Gasteiger partial charge in [-0.25, -0.2) is 0 Å². The molecular weight excluding hydrogens is 528 g/mol. The van der Waals surface area contributed by atoms with Crippen LogP contribution in [0.25, 0.3) is 44.2 Å². The fraction of sp³-hybridized carbons (Fsp3) is 0.364. The van der Waals surface area contributed by atoms with E-state index in [0.29, 0.717) is 11.8 Å². The van der Waals surface area contributed by atoms with Gasteiger partial charge in [-0.15, -0.1) is 0 Å². The number of rotatable bonds is 1. The van der Waals surface area contributed by atoms with Crippen molar-refractivity contribution in [1.29, 1.82) is 0 Å². The fourth-order valence-corrected chi connectivity index (χ4v) is 9.85. The standard InChI is InChI=1S/C44H44/c1-2-10-31(11-3-1)37-26-38-28-39(27-37)36-15-5-9-30(25-36)19-21-34-23-22-33(20-18-29-8-4-14-35(38)24-29)43-40-16-6-12-32-13-7-17-41(42(32)40)44(34)43/h1-3,6-7,10-13,16-17,22-23,26-30,35-36H,4-5,8-9,14-15,18-21,24-25H2. The topological polar surface area (TPSA) is 0 Å². The van der Waals surface area contributed by atoms with Crippen LogP contribution in [-0.2, 0) is 12.8 Å². The lowest BCUT2D eigenvalue weighted by Gasteiger charge is -2.32. The van der Waals surface area contributed by atoms with Crippen molar-refractivity contribution >= 4 is 10.8 Å². The number of hydrogen-bond donors (Lipinski definition) is 0. The fourth-order valence-electron chi connectivity index (χ4n) is 9.85. The highest BCUT2D eigenvalue weighted by atomic mass is 14.3. The average molecular weight is 573 g/mol. The summed E-state index contributed by atoms with van der Waals surface area (Å²) in [5.41, 5.74) is 15.4. The highest BCUT2D eigenvalue weighted by Crippen LogP contribution is 2.52. The summed E-state index contributed by atoms with van der Waals surface area (Å²) in [6, 6.07) is 38.1. The summed E-state index contributed by atoms with van der Waals surface area (Å²) < 4.78 is 0. The summed E-state index contributed by atoms with van der Waals surface area (Å²) in [5.74, 6) is 3.00. The first-order chi connectivity index (χ1) is 21.8. The molecule has 0 saturated heterocycles. The Hall–Kier alpha value is -3.64. The largest absolute Gasteiger partial charge is 0.0622 e. The molecular formula is C44H44.